The highest BCUT2D eigenvalue weighted by Gasteiger charge is 2.23. The number of nitrogens with one attached hydrogen (secondary N) is 1. The van der Waals surface area contributed by atoms with Gasteiger partial charge in [0, 0.05) is 28.8 Å². The van der Waals surface area contributed by atoms with Crippen molar-refractivity contribution in [3.63, 3.8) is 0 Å². The summed E-state index contributed by atoms with van der Waals surface area (Å²) in [6.45, 7) is 0.894. The number of ether oxygens (including phenoxy) is 2. The van der Waals surface area contributed by atoms with Crippen molar-refractivity contribution in [1.82, 2.24) is 9.78 Å². The molecule has 5 nitrogen and oxygen atoms in total. The molecule has 0 bridgehead atoms. The maximum atomic E-state index is 6.48. The lowest BCUT2D eigenvalue weighted by molar-refractivity contribution is 0.394. The highest BCUT2D eigenvalue weighted by atomic mass is 35.5. The smallest absolute Gasteiger partial charge is 0.133 e. The number of hydrogen-bond donors (Lipinski definition) is 1. The molecule has 0 unspecified atom stereocenters. The Labute approximate surface area is 174 Å². The minimum Gasteiger partial charge on any atom is -0.497 e. The third kappa shape index (κ3) is 3.52. The van der Waals surface area contributed by atoms with E-state index in [0.717, 1.165) is 60.1 Å². The number of rotatable bonds is 4. The van der Waals surface area contributed by atoms with Crippen LogP contribution in [-0.4, -0.2) is 30.5 Å². The van der Waals surface area contributed by atoms with E-state index in [9.17, 15) is 0 Å². The Morgan fingerprint density at radius 1 is 1.00 bits per heavy atom. The van der Waals surface area contributed by atoms with Gasteiger partial charge >= 0.3 is 0 Å². The number of halogens is 2. The predicted molar refractivity (Wildman–Crippen MR) is 114 cm³/mol. The summed E-state index contributed by atoms with van der Waals surface area (Å²) in [7, 11) is 3.29. The molecule has 0 amide bonds. The van der Waals surface area contributed by atoms with E-state index in [0.29, 0.717) is 10.0 Å². The molecule has 1 aromatic heterocycles. The van der Waals surface area contributed by atoms with Gasteiger partial charge in [-0.2, -0.15) is 5.10 Å². The molecule has 1 aliphatic rings. The highest BCUT2D eigenvalue weighted by molar-refractivity contribution is 6.35. The maximum absolute atomic E-state index is 6.48. The Morgan fingerprint density at radius 2 is 1.75 bits per heavy atom. The van der Waals surface area contributed by atoms with E-state index in [1.807, 2.05) is 35.0 Å². The quantitative estimate of drug-likeness (QED) is 0.598. The molecule has 3 aromatic rings. The summed E-state index contributed by atoms with van der Waals surface area (Å²) >= 11 is 12.6. The van der Waals surface area contributed by atoms with E-state index in [4.69, 9.17) is 37.8 Å². The molecule has 7 heteroatoms. The summed E-state index contributed by atoms with van der Waals surface area (Å²) in [5.74, 6) is 2.42. The van der Waals surface area contributed by atoms with Gasteiger partial charge in [0.1, 0.15) is 17.3 Å². The Bertz CT molecular complexity index is 995. The van der Waals surface area contributed by atoms with Crippen LogP contribution in [0.25, 0.3) is 16.9 Å². The summed E-state index contributed by atoms with van der Waals surface area (Å²) in [4.78, 5) is 0. The first-order valence-electron chi connectivity index (χ1n) is 9.15. The third-order valence-electron chi connectivity index (χ3n) is 4.89. The molecule has 28 heavy (non-hydrogen) atoms. The normalized spacial score (nSPS) is 13.4. The topological polar surface area (TPSA) is 48.3 Å². The van der Waals surface area contributed by atoms with Gasteiger partial charge in [-0.3, -0.25) is 0 Å². The van der Waals surface area contributed by atoms with Crippen molar-refractivity contribution in [3.8, 4) is 28.4 Å². The summed E-state index contributed by atoms with van der Waals surface area (Å²) in [6.07, 6.45) is 3.13. The summed E-state index contributed by atoms with van der Waals surface area (Å²) in [5, 5.41) is 9.61. The summed E-state index contributed by atoms with van der Waals surface area (Å²) < 4.78 is 12.8. The molecule has 0 spiro atoms. The molecule has 1 N–H and O–H groups in total. The van der Waals surface area contributed by atoms with E-state index >= 15 is 0 Å². The molecule has 0 saturated heterocycles. The first-order chi connectivity index (χ1) is 13.6. The van der Waals surface area contributed by atoms with Crippen LogP contribution in [0, 0.1) is 0 Å². The fourth-order valence-corrected chi connectivity index (χ4v) is 3.99. The summed E-state index contributed by atoms with van der Waals surface area (Å²) in [6, 6.07) is 11.3. The van der Waals surface area contributed by atoms with Crippen LogP contribution in [0.2, 0.25) is 10.0 Å². The number of hydrogen-bond acceptors (Lipinski definition) is 4. The van der Waals surface area contributed by atoms with Gasteiger partial charge in [-0.05, 0) is 49.6 Å². The van der Waals surface area contributed by atoms with E-state index in [1.54, 1.807) is 20.3 Å². The van der Waals surface area contributed by atoms with E-state index < -0.39 is 0 Å². The predicted octanol–water partition coefficient (Wildman–Crippen LogP) is 5.61. The van der Waals surface area contributed by atoms with E-state index in [-0.39, 0.29) is 0 Å². The second-order valence-electron chi connectivity index (χ2n) is 6.67. The van der Waals surface area contributed by atoms with Crippen molar-refractivity contribution in [3.05, 3.63) is 52.0 Å². The zero-order chi connectivity index (χ0) is 19.7. The SMILES string of the molecule is COc1cc(OC)cc(-c2nn(-c3ccc(Cl)cc3Cl)c3c2CCCCN3)c1. The van der Waals surface area contributed by atoms with Gasteiger partial charge in [0.05, 0.1) is 30.6 Å². The second kappa shape index (κ2) is 7.94. The molecule has 0 atom stereocenters. The van der Waals surface area contributed by atoms with Crippen LogP contribution < -0.4 is 14.8 Å². The average molecular weight is 418 g/mol. The molecular formula is C21H21Cl2N3O2. The van der Waals surface area contributed by atoms with Gasteiger partial charge < -0.3 is 14.8 Å². The van der Waals surface area contributed by atoms with Crippen molar-refractivity contribution < 1.29 is 9.47 Å². The number of aromatic nitrogens is 2. The van der Waals surface area contributed by atoms with Gasteiger partial charge in [-0.25, -0.2) is 4.68 Å². The lowest BCUT2D eigenvalue weighted by Gasteiger charge is -2.10. The fraction of sp³-hybridized carbons (Fsp3) is 0.286. The van der Waals surface area contributed by atoms with Crippen LogP contribution in [0.5, 0.6) is 11.5 Å². The molecule has 0 aliphatic carbocycles. The van der Waals surface area contributed by atoms with Crippen LogP contribution in [0.15, 0.2) is 36.4 Å². The van der Waals surface area contributed by atoms with E-state index in [1.165, 1.54) is 5.56 Å². The van der Waals surface area contributed by atoms with Gasteiger partial charge in [0.15, 0.2) is 0 Å². The monoisotopic (exact) mass is 417 g/mol. The minimum absolute atomic E-state index is 0.554. The standard InChI is InChI=1S/C21H21Cl2N3O2/c1-27-15-9-13(10-16(12-15)28-2)20-17-5-3-4-8-24-21(17)26(25-20)19-7-6-14(22)11-18(19)23/h6-7,9-12,24H,3-5,8H2,1-2H3. The van der Waals surface area contributed by atoms with Gasteiger partial charge in [-0.15, -0.1) is 0 Å². The zero-order valence-electron chi connectivity index (χ0n) is 15.8. The molecule has 0 radical (unpaired) electrons. The molecular weight excluding hydrogens is 397 g/mol. The Kier molecular flexibility index (Phi) is 5.38. The number of methoxy groups -OCH3 is 2. The molecule has 146 valence electrons. The Morgan fingerprint density at radius 3 is 2.43 bits per heavy atom. The molecule has 2 aromatic carbocycles. The number of benzene rings is 2. The first-order valence-corrected chi connectivity index (χ1v) is 9.91. The molecule has 1 aliphatic heterocycles. The Hall–Kier alpha value is -2.37. The zero-order valence-corrected chi connectivity index (χ0v) is 17.3. The van der Waals surface area contributed by atoms with Gasteiger partial charge in [-0.1, -0.05) is 23.2 Å². The molecule has 0 saturated carbocycles. The average Bonchev–Trinajstić information content (AvgIpc) is 2.88. The van der Waals surface area contributed by atoms with E-state index in [2.05, 4.69) is 5.32 Å². The van der Waals surface area contributed by atoms with Crippen LogP contribution in [0.1, 0.15) is 18.4 Å². The first kappa shape index (κ1) is 19.0. The largest absolute Gasteiger partial charge is 0.497 e. The van der Waals surface area contributed by atoms with Gasteiger partial charge in [0.25, 0.3) is 0 Å². The lowest BCUT2D eigenvalue weighted by atomic mass is 10.0. The number of anilines is 1. The second-order valence-corrected chi connectivity index (χ2v) is 7.51. The highest BCUT2D eigenvalue weighted by Crippen LogP contribution is 2.38. The number of nitrogens with zero attached hydrogens (tertiary/aromatic N) is 2. The van der Waals surface area contributed by atoms with Crippen LogP contribution in [0.3, 0.4) is 0 Å². The van der Waals surface area contributed by atoms with Crippen molar-refractivity contribution >= 4 is 29.0 Å². The van der Waals surface area contributed by atoms with Crippen molar-refractivity contribution in [1.29, 1.82) is 0 Å². The Balaban J connectivity index is 1.93. The minimum atomic E-state index is 0.554. The third-order valence-corrected chi connectivity index (χ3v) is 5.43. The van der Waals surface area contributed by atoms with Crippen molar-refractivity contribution in [2.45, 2.75) is 19.3 Å². The molecule has 2 heterocycles. The van der Waals surface area contributed by atoms with Crippen LogP contribution >= 0.6 is 23.2 Å². The fourth-order valence-electron chi connectivity index (χ4n) is 3.51. The maximum Gasteiger partial charge on any atom is 0.133 e. The number of fused-ring (bicyclic) bond motifs is 1. The van der Waals surface area contributed by atoms with Crippen LogP contribution in [-0.2, 0) is 6.42 Å². The molecule has 0 fully saturated rings. The lowest BCUT2D eigenvalue weighted by Crippen LogP contribution is -2.07. The van der Waals surface area contributed by atoms with Crippen LogP contribution in [0.4, 0.5) is 5.82 Å². The molecule has 4 rings (SSSR count). The summed E-state index contributed by atoms with van der Waals surface area (Å²) in [5.41, 5.74) is 3.80. The van der Waals surface area contributed by atoms with Crippen molar-refractivity contribution in [2.24, 2.45) is 0 Å². The van der Waals surface area contributed by atoms with Crippen molar-refractivity contribution in [2.75, 3.05) is 26.1 Å². The van der Waals surface area contributed by atoms with Gasteiger partial charge in [0.2, 0.25) is 0 Å².